The van der Waals surface area contributed by atoms with Gasteiger partial charge in [-0.2, -0.15) is 0 Å². The topological polar surface area (TPSA) is 115 Å². The van der Waals surface area contributed by atoms with Crippen molar-refractivity contribution in [2.45, 2.75) is 76.4 Å². The fraction of sp³-hybridized carbons (Fsp3) is 0.500. The molecule has 1 saturated heterocycles. The van der Waals surface area contributed by atoms with Crippen LogP contribution in [0, 0.1) is 5.82 Å². The lowest BCUT2D eigenvalue weighted by atomic mass is 9.84. The van der Waals surface area contributed by atoms with Crippen LogP contribution in [0.4, 0.5) is 9.18 Å². The predicted molar refractivity (Wildman–Crippen MR) is 136 cm³/mol. The number of ether oxygens (including phenoxy) is 1. The monoisotopic (exact) mass is 510 g/mol. The van der Waals surface area contributed by atoms with Crippen molar-refractivity contribution in [1.82, 2.24) is 15.2 Å². The molecular weight excluding hydrogens is 475 g/mol. The Morgan fingerprint density at radius 1 is 1.11 bits per heavy atom. The number of likely N-dealkylation sites (tertiary alicyclic amines) is 1. The number of nitrogens with one attached hydrogen (secondary N) is 1. The third-order valence-electron chi connectivity index (χ3n) is 6.81. The Balaban J connectivity index is 1.50. The molecule has 3 N–H and O–H groups in total. The van der Waals surface area contributed by atoms with E-state index >= 15 is 0 Å². The van der Waals surface area contributed by atoms with Gasteiger partial charge in [0.25, 0.3) is 5.91 Å². The number of nitrogens with two attached hydrogens (primary N) is 1. The number of pyridine rings is 1. The lowest BCUT2D eigenvalue weighted by molar-refractivity contribution is -0.119. The smallest absolute Gasteiger partial charge is 0.410 e. The van der Waals surface area contributed by atoms with Crippen molar-refractivity contribution in [2.24, 2.45) is 5.73 Å². The summed E-state index contributed by atoms with van der Waals surface area (Å²) in [4.78, 5) is 44.1. The number of piperidine rings is 1. The van der Waals surface area contributed by atoms with E-state index in [4.69, 9.17) is 15.5 Å². The number of hydrogen-bond donors (Lipinski definition) is 2. The lowest BCUT2D eigenvalue weighted by Crippen LogP contribution is -2.58. The number of primary amides is 1. The van der Waals surface area contributed by atoms with Crippen LogP contribution in [0.5, 0.6) is 0 Å². The van der Waals surface area contributed by atoms with E-state index in [1.165, 1.54) is 12.1 Å². The quantitative estimate of drug-likeness (QED) is 0.583. The fourth-order valence-corrected chi connectivity index (χ4v) is 4.77. The van der Waals surface area contributed by atoms with Gasteiger partial charge < -0.3 is 20.7 Å². The van der Waals surface area contributed by atoms with Crippen molar-refractivity contribution in [3.8, 4) is 0 Å². The van der Waals surface area contributed by atoms with Crippen LogP contribution in [0.3, 0.4) is 0 Å². The summed E-state index contributed by atoms with van der Waals surface area (Å²) in [6, 6.07) is 9.94. The number of nitrogens with zero attached hydrogens (tertiary/aromatic N) is 2. The second-order valence-electron chi connectivity index (χ2n) is 11.2. The largest absolute Gasteiger partial charge is 0.444 e. The summed E-state index contributed by atoms with van der Waals surface area (Å²) < 4.78 is 18.8. The van der Waals surface area contributed by atoms with Crippen LogP contribution in [-0.4, -0.2) is 52.0 Å². The molecule has 2 fully saturated rings. The van der Waals surface area contributed by atoms with Gasteiger partial charge in [0, 0.05) is 31.6 Å². The maximum Gasteiger partial charge on any atom is 0.410 e. The minimum absolute atomic E-state index is 0.0382. The molecule has 1 aliphatic carbocycles. The van der Waals surface area contributed by atoms with Gasteiger partial charge in [-0.1, -0.05) is 18.2 Å². The highest BCUT2D eigenvalue weighted by molar-refractivity contribution is 5.93. The van der Waals surface area contributed by atoms with Gasteiger partial charge in [-0.05, 0) is 81.7 Å². The molecule has 0 bridgehead atoms. The molecule has 1 aliphatic heterocycles. The van der Waals surface area contributed by atoms with Gasteiger partial charge in [0.1, 0.15) is 17.1 Å². The van der Waals surface area contributed by atoms with Crippen molar-refractivity contribution in [2.75, 3.05) is 13.1 Å². The molecule has 1 aromatic heterocycles. The summed E-state index contributed by atoms with van der Waals surface area (Å²) in [5.41, 5.74) is 7.12. The Kier molecular flexibility index (Phi) is 7.52. The third kappa shape index (κ3) is 7.05. The summed E-state index contributed by atoms with van der Waals surface area (Å²) in [5.74, 6) is -0.794. The summed E-state index contributed by atoms with van der Waals surface area (Å²) in [6.07, 6.45) is 2.93. The van der Waals surface area contributed by atoms with Gasteiger partial charge in [0.2, 0.25) is 5.91 Å². The maximum absolute atomic E-state index is 13.4. The Hall–Kier alpha value is -3.49. The molecule has 37 heavy (non-hydrogen) atoms. The Labute approximate surface area is 216 Å². The molecule has 0 spiro atoms. The second kappa shape index (κ2) is 10.5. The van der Waals surface area contributed by atoms with Crippen molar-refractivity contribution >= 4 is 17.9 Å². The molecule has 3 amide bonds. The first-order valence-electron chi connectivity index (χ1n) is 12.8. The predicted octanol–water partition coefficient (Wildman–Crippen LogP) is 4.06. The fourth-order valence-electron chi connectivity index (χ4n) is 4.77. The molecule has 1 aromatic carbocycles. The first-order valence-corrected chi connectivity index (χ1v) is 12.8. The van der Waals surface area contributed by atoms with Crippen LogP contribution in [0.25, 0.3) is 0 Å². The van der Waals surface area contributed by atoms with E-state index in [0.29, 0.717) is 38.3 Å². The normalized spacial score (nSPS) is 17.2. The molecular formula is C28H35FN4O4. The van der Waals surface area contributed by atoms with Crippen LogP contribution < -0.4 is 11.1 Å². The molecule has 8 nitrogen and oxygen atoms in total. The number of benzene rings is 1. The second-order valence-corrected chi connectivity index (χ2v) is 11.2. The number of halogens is 1. The number of carbonyl (C=O) groups excluding carboxylic acids is 3. The molecule has 2 aromatic rings. The van der Waals surface area contributed by atoms with Gasteiger partial charge in [-0.25, -0.2) is 14.2 Å². The van der Waals surface area contributed by atoms with Gasteiger partial charge in [0.15, 0.2) is 0 Å². The summed E-state index contributed by atoms with van der Waals surface area (Å²) in [6.45, 7) is 6.06. The highest BCUT2D eigenvalue weighted by Crippen LogP contribution is 2.41. The molecule has 0 unspecified atom stereocenters. The zero-order valence-electron chi connectivity index (χ0n) is 21.7. The van der Waals surface area contributed by atoms with Crippen molar-refractivity contribution < 1.29 is 23.5 Å². The van der Waals surface area contributed by atoms with Crippen molar-refractivity contribution in [1.29, 1.82) is 0 Å². The van der Waals surface area contributed by atoms with Gasteiger partial charge in [-0.3, -0.25) is 9.59 Å². The number of carbonyl (C=O) groups is 3. The van der Waals surface area contributed by atoms with Gasteiger partial charge in [-0.15, -0.1) is 0 Å². The maximum atomic E-state index is 13.4. The molecule has 2 aliphatic rings. The molecule has 0 radical (unpaired) electrons. The summed E-state index contributed by atoms with van der Waals surface area (Å²) in [7, 11) is 0. The molecule has 1 saturated carbocycles. The lowest BCUT2D eigenvalue weighted by Gasteiger charge is -2.41. The Bertz CT molecular complexity index is 1160. The van der Waals surface area contributed by atoms with E-state index in [9.17, 15) is 18.8 Å². The molecule has 4 rings (SSSR count). The molecule has 2 heterocycles. The average molecular weight is 511 g/mol. The standard InChI is InChI=1S/C28H35FN4O4/c1-27(2,3)37-26(36)33-14-12-28(13-15-33,17-24(30)34)32-25(35)22-11-10-21(19-6-7-19)23(31-22)16-18-4-8-20(29)9-5-18/h4-5,8-11,19H,6-7,12-17H2,1-3H3,(H2,30,34)(H,32,35). The van der Waals surface area contributed by atoms with E-state index in [-0.39, 0.29) is 17.9 Å². The number of rotatable bonds is 7. The van der Waals surface area contributed by atoms with Crippen molar-refractivity contribution in [3.05, 3.63) is 64.7 Å². The zero-order chi connectivity index (χ0) is 26.8. The van der Waals surface area contributed by atoms with Crippen LogP contribution in [-0.2, 0) is 16.0 Å². The van der Waals surface area contributed by atoms with E-state index < -0.39 is 29.0 Å². The zero-order valence-corrected chi connectivity index (χ0v) is 21.7. The molecule has 9 heteroatoms. The molecule has 198 valence electrons. The minimum atomic E-state index is -0.880. The SMILES string of the molecule is CC(C)(C)OC(=O)N1CCC(CC(N)=O)(NC(=O)c2ccc(C3CC3)c(Cc3ccc(F)cc3)n2)CC1. The summed E-state index contributed by atoms with van der Waals surface area (Å²) >= 11 is 0. The first-order chi connectivity index (χ1) is 17.4. The summed E-state index contributed by atoms with van der Waals surface area (Å²) in [5, 5.41) is 3.02. The van der Waals surface area contributed by atoms with Gasteiger partial charge >= 0.3 is 6.09 Å². The highest BCUT2D eigenvalue weighted by atomic mass is 19.1. The third-order valence-corrected chi connectivity index (χ3v) is 6.81. The highest BCUT2D eigenvalue weighted by Gasteiger charge is 2.40. The number of hydrogen-bond acceptors (Lipinski definition) is 5. The van der Waals surface area contributed by atoms with Crippen LogP contribution in [0.15, 0.2) is 36.4 Å². The van der Waals surface area contributed by atoms with Gasteiger partial charge in [0.05, 0.1) is 5.54 Å². The minimum Gasteiger partial charge on any atom is -0.444 e. The van der Waals surface area contributed by atoms with Crippen LogP contribution >= 0.6 is 0 Å². The van der Waals surface area contributed by atoms with E-state index in [2.05, 4.69) is 5.32 Å². The van der Waals surface area contributed by atoms with Crippen LogP contribution in [0.1, 0.15) is 86.1 Å². The van der Waals surface area contributed by atoms with E-state index in [1.54, 1.807) is 43.9 Å². The van der Waals surface area contributed by atoms with E-state index in [0.717, 1.165) is 29.7 Å². The Morgan fingerprint density at radius 3 is 2.32 bits per heavy atom. The Morgan fingerprint density at radius 2 is 1.76 bits per heavy atom. The van der Waals surface area contributed by atoms with Crippen molar-refractivity contribution in [3.63, 3.8) is 0 Å². The van der Waals surface area contributed by atoms with E-state index in [1.807, 2.05) is 6.07 Å². The first kappa shape index (κ1) is 26.6. The number of amides is 3. The average Bonchev–Trinajstić information content (AvgIpc) is 3.65. The molecule has 0 atom stereocenters. The number of aromatic nitrogens is 1. The van der Waals surface area contributed by atoms with Crippen LogP contribution in [0.2, 0.25) is 0 Å².